The molecule has 3 heteroatoms. The summed E-state index contributed by atoms with van der Waals surface area (Å²) in [4.78, 5) is 0. The van der Waals surface area contributed by atoms with Crippen LogP contribution in [0.25, 0.3) is 55.0 Å². The van der Waals surface area contributed by atoms with E-state index in [1.807, 2.05) is 0 Å². The third-order valence-corrected chi connectivity index (χ3v) is 7.65. The number of halogens is 1. The molecule has 0 aliphatic carbocycles. The van der Waals surface area contributed by atoms with Gasteiger partial charge >= 0.3 is 0 Å². The zero-order valence-corrected chi connectivity index (χ0v) is 19.9. The highest BCUT2D eigenvalue weighted by Crippen LogP contribution is 2.39. The van der Waals surface area contributed by atoms with Crippen LogP contribution in [0.15, 0.2) is 115 Å². The molecule has 2 aromatic heterocycles. The zero-order valence-electron chi connectivity index (χ0n) is 17.7. The number of benzene rings is 5. The minimum Gasteiger partial charge on any atom is -0.308 e. The van der Waals surface area contributed by atoms with Crippen molar-refractivity contribution < 1.29 is 0 Å². The second-order valence-corrected chi connectivity index (χ2v) is 9.43. The highest BCUT2D eigenvalue weighted by Gasteiger charge is 2.19. The van der Waals surface area contributed by atoms with Crippen molar-refractivity contribution in [3.8, 4) is 11.4 Å². The van der Waals surface area contributed by atoms with Crippen LogP contribution in [0, 0.1) is 3.57 Å². The Morgan fingerprint density at radius 3 is 1.52 bits per heavy atom. The van der Waals surface area contributed by atoms with Crippen LogP contribution < -0.4 is 0 Å². The Kier molecular flexibility index (Phi) is 4.15. The van der Waals surface area contributed by atoms with E-state index >= 15 is 0 Å². The van der Waals surface area contributed by atoms with Gasteiger partial charge in [-0.05, 0) is 59.0 Å². The molecule has 0 aliphatic heterocycles. The minimum absolute atomic E-state index is 1.18. The van der Waals surface area contributed by atoms with Crippen LogP contribution in [-0.4, -0.2) is 9.13 Å². The molecule has 156 valence electrons. The molecular weight excluding hydrogens is 515 g/mol. The van der Waals surface area contributed by atoms with Crippen molar-refractivity contribution in [1.82, 2.24) is 9.13 Å². The average molecular weight is 534 g/mol. The number of fused-ring (bicyclic) bond motifs is 6. The van der Waals surface area contributed by atoms with Gasteiger partial charge in [0.15, 0.2) is 0 Å². The predicted molar refractivity (Wildman–Crippen MR) is 148 cm³/mol. The number of hydrogen-bond donors (Lipinski definition) is 0. The SMILES string of the molecule is Ic1c(-n2c3ccccc3c3ccccc32)ccc2c3ccccc3n(-c3ccccc3)c12. The fourth-order valence-corrected chi connectivity index (χ4v) is 6.16. The van der Waals surface area contributed by atoms with Gasteiger partial charge in [0.2, 0.25) is 0 Å². The molecule has 0 fully saturated rings. The molecule has 5 aromatic carbocycles. The molecule has 0 aliphatic rings. The van der Waals surface area contributed by atoms with Gasteiger partial charge < -0.3 is 9.13 Å². The molecule has 0 radical (unpaired) electrons. The summed E-state index contributed by atoms with van der Waals surface area (Å²) in [6.07, 6.45) is 0. The van der Waals surface area contributed by atoms with E-state index in [0.717, 1.165) is 0 Å². The van der Waals surface area contributed by atoms with Crippen LogP contribution in [0.3, 0.4) is 0 Å². The number of para-hydroxylation sites is 4. The van der Waals surface area contributed by atoms with Gasteiger partial charge in [0.05, 0.1) is 31.3 Å². The summed E-state index contributed by atoms with van der Waals surface area (Å²) < 4.78 is 6.07. The van der Waals surface area contributed by atoms with Crippen molar-refractivity contribution in [2.75, 3.05) is 0 Å². The summed E-state index contributed by atoms with van der Waals surface area (Å²) in [5.74, 6) is 0. The number of rotatable bonds is 2. The third kappa shape index (κ3) is 2.66. The van der Waals surface area contributed by atoms with Crippen molar-refractivity contribution in [3.05, 3.63) is 119 Å². The first-order valence-electron chi connectivity index (χ1n) is 11.1. The molecule has 7 rings (SSSR count). The van der Waals surface area contributed by atoms with Crippen molar-refractivity contribution in [3.63, 3.8) is 0 Å². The first kappa shape index (κ1) is 18.9. The number of hydrogen-bond acceptors (Lipinski definition) is 0. The lowest BCUT2D eigenvalue weighted by molar-refractivity contribution is 1.14. The largest absolute Gasteiger partial charge is 0.308 e. The van der Waals surface area contributed by atoms with Crippen LogP contribution >= 0.6 is 22.6 Å². The molecule has 33 heavy (non-hydrogen) atoms. The maximum absolute atomic E-state index is 2.55. The molecule has 0 bridgehead atoms. The minimum atomic E-state index is 1.18. The molecule has 0 spiro atoms. The number of nitrogens with zero attached hydrogens (tertiary/aromatic N) is 2. The fraction of sp³-hybridized carbons (Fsp3) is 0. The van der Waals surface area contributed by atoms with E-state index in [1.54, 1.807) is 0 Å². The lowest BCUT2D eigenvalue weighted by Crippen LogP contribution is -2.00. The summed E-state index contributed by atoms with van der Waals surface area (Å²) in [5, 5.41) is 5.13. The smallest absolute Gasteiger partial charge is 0.0695 e. The standard InChI is InChI=1S/C30H19IN2/c31-29-28(33-26-16-8-4-12-21(26)22-13-5-9-17-27(22)33)19-18-24-23-14-6-7-15-25(23)32(30(24)29)20-10-2-1-3-11-20/h1-19H. The van der Waals surface area contributed by atoms with E-state index in [-0.39, 0.29) is 0 Å². The fourth-order valence-electron chi connectivity index (χ4n) is 5.21. The molecule has 2 nitrogen and oxygen atoms in total. The van der Waals surface area contributed by atoms with Gasteiger partial charge in [0.25, 0.3) is 0 Å². The normalized spacial score (nSPS) is 11.8. The highest BCUT2D eigenvalue weighted by molar-refractivity contribution is 14.1. The number of aromatic nitrogens is 2. The molecule has 0 atom stereocenters. The average Bonchev–Trinajstić information content (AvgIpc) is 3.39. The Balaban J connectivity index is 1.66. The van der Waals surface area contributed by atoms with Gasteiger partial charge in [0.1, 0.15) is 0 Å². The maximum Gasteiger partial charge on any atom is 0.0695 e. The van der Waals surface area contributed by atoms with Crippen LogP contribution in [0.4, 0.5) is 0 Å². The van der Waals surface area contributed by atoms with E-state index in [2.05, 4.69) is 147 Å². The highest BCUT2D eigenvalue weighted by atomic mass is 127. The Hall–Kier alpha value is -3.57. The van der Waals surface area contributed by atoms with E-state index in [9.17, 15) is 0 Å². The van der Waals surface area contributed by atoms with Gasteiger partial charge in [0, 0.05) is 27.2 Å². The van der Waals surface area contributed by atoms with Crippen molar-refractivity contribution >= 4 is 66.2 Å². The summed E-state index contributed by atoms with van der Waals surface area (Å²) >= 11 is 2.55. The summed E-state index contributed by atoms with van der Waals surface area (Å²) in [6, 6.07) is 41.4. The maximum atomic E-state index is 2.55. The molecule has 0 saturated carbocycles. The predicted octanol–water partition coefficient (Wildman–Crippen LogP) is 8.49. The van der Waals surface area contributed by atoms with Crippen LogP contribution in [0.1, 0.15) is 0 Å². The quantitative estimate of drug-likeness (QED) is 0.197. The molecule has 7 aromatic rings. The summed E-state index contributed by atoms with van der Waals surface area (Å²) in [7, 11) is 0. The molecule has 0 amide bonds. The lowest BCUT2D eigenvalue weighted by Gasteiger charge is -2.14. The molecule has 0 saturated heterocycles. The molecule has 2 heterocycles. The van der Waals surface area contributed by atoms with Crippen LogP contribution in [0.2, 0.25) is 0 Å². The van der Waals surface area contributed by atoms with E-state index in [1.165, 1.54) is 58.6 Å². The monoisotopic (exact) mass is 534 g/mol. The van der Waals surface area contributed by atoms with Gasteiger partial charge in [-0.15, -0.1) is 0 Å². The lowest BCUT2D eigenvalue weighted by atomic mass is 10.1. The Morgan fingerprint density at radius 1 is 0.424 bits per heavy atom. The second-order valence-electron chi connectivity index (χ2n) is 8.35. The third-order valence-electron chi connectivity index (χ3n) is 6.59. The van der Waals surface area contributed by atoms with Gasteiger partial charge in [-0.25, -0.2) is 0 Å². The van der Waals surface area contributed by atoms with Crippen LogP contribution in [-0.2, 0) is 0 Å². The van der Waals surface area contributed by atoms with Crippen molar-refractivity contribution in [2.45, 2.75) is 0 Å². The Morgan fingerprint density at radius 2 is 0.909 bits per heavy atom. The first-order valence-corrected chi connectivity index (χ1v) is 12.2. The van der Waals surface area contributed by atoms with Crippen molar-refractivity contribution in [1.29, 1.82) is 0 Å². The van der Waals surface area contributed by atoms with Crippen LogP contribution in [0.5, 0.6) is 0 Å². The first-order chi connectivity index (χ1) is 16.3. The van der Waals surface area contributed by atoms with E-state index in [0.29, 0.717) is 0 Å². The Bertz CT molecular complexity index is 1770. The summed E-state index contributed by atoms with van der Waals surface area (Å²) in [6.45, 7) is 0. The topological polar surface area (TPSA) is 9.86 Å². The Labute approximate surface area is 204 Å². The van der Waals surface area contributed by atoms with Gasteiger partial charge in [-0.2, -0.15) is 0 Å². The van der Waals surface area contributed by atoms with Gasteiger partial charge in [-0.1, -0.05) is 78.9 Å². The molecule has 0 N–H and O–H groups in total. The molecular formula is C30H19IN2. The van der Waals surface area contributed by atoms with Gasteiger partial charge in [-0.3, -0.25) is 0 Å². The van der Waals surface area contributed by atoms with E-state index in [4.69, 9.17) is 0 Å². The van der Waals surface area contributed by atoms with E-state index < -0.39 is 0 Å². The second kappa shape index (κ2) is 7.22. The molecule has 0 unspecified atom stereocenters. The summed E-state index contributed by atoms with van der Waals surface area (Å²) in [5.41, 5.74) is 7.34. The zero-order chi connectivity index (χ0) is 21.9. The van der Waals surface area contributed by atoms with Crippen molar-refractivity contribution in [2.24, 2.45) is 0 Å².